The molecular weight excluding hydrogens is 272 g/mol. The standard InChI is InChI=1S/C14H18N4O3/c1-3-18-12-10(6-4-7-15-12)17-11(14(18)20)13(19)16-8-5-9-21-2/h4,6-7H,3,5,8-9H2,1-2H3,(H,16,19). The highest BCUT2D eigenvalue weighted by Crippen LogP contribution is 2.06. The summed E-state index contributed by atoms with van der Waals surface area (Å²) in [5, 5.41) is 2.68. The van der Waals surface area contributed by atoms with E-state index in [1.165, 1.54) is 4.57 Å². The quantitative estimate of drug-likeness (QED) is 0.786. The summed E-state index contributed by atoms with van der Waals surface area (Å²) in [6, 6.07) is 3.45. The largest absolute Gasteiger partial charge is 0.385 e. The van der Waals surface area contributed by atoms with Crippen molar-refractivity contribution in [3.05, 3.63) is 34.4 Å². The molecule has 0 saturated heterocycles. The predicted octanol–water partition coefficient (Wildman–Crippen LogP) is 0.578. The molecule has 2 rings (SSSR count). The lowest BCUT2D eigenvalue weighted by Crippen LogP contribution is -2.35. The first kappa shape index (κ1) is 15.1. The molecule has 2 aromatic rings. The Balaban J connectivity index is 2.33. The number of aromatic nitrogens is 3. The second-order valence-electron chi connectivity index (χ2n) is 4.46. The number of hydrogen-bond donors (Lipinski definition) is 1. The van der Waals surface area contributed by atoms with E-state index in [9.17, 15) is 9.59 Å². The third-order valence-corrected chi connectivity index (χ3v) is 3.04. The number of nitrogens with zero attached hydrogens (tertiary/aromatic N) is 3. The first-order valence-electron chi connectivity index (χ1n) is 6.81. The Bertz CT molecular complexity index is 696. The van der Waals surface area contributed by atoms with Crippen LogP contribution in [0.3, 0.4) is 0 Å². The van der Waals surface area contributed by atoms with Gasteiger partial charge in [-0.05, 0) is 25.5 Å². The number of ether oxygens (including phenoxy) is 1. The van der Waals surface area contributed by atoms with E-state index >= 15 is 0 Å². The molecular formula is C14H18N4O3. The van der Waals surface area contributed by atoms with E-state index in [0.717, 1.165) is 0 Å². The van der Waals surface area contributed by atoms with Gasteiger partial charge in [0.15, 0.2) is 11.3 Å². The van der Waals surface area contributed by atoms with Gasteiger partial charge in [-0.15, -0.1) is 0 Å². The lowest BCUT2D eigenvalue weighted by atomic mass is 10.3. The summed E-state index contributed by atoms with van der Waals surface area (Å²) in [6.45, 7) is 3.24. The second-order valence-corrected chi connectivity index (χ2v) is 4.46. The number of fused-ring (bicyclic) bond motifs is 1. The molecule has 0 aliphatic rings. The van der Waals surface area contributed by atoms with Gasteiger partial charge in [-0.3, -0.25) is 14.2 Å². The molecule has 2 heterocycles. The van der Waals surface area contributed by atoms with Gasteiger partial charge in [0, 0.05) is 33.0 Å². The fourth-order valence-corrected chi connectivity index (χ4v) is 2.02. The Morgan fingerprint density at radius 3 is 3.00 bits per heavy atom. The summed E-state index contributed by atoms with van der Waals surface area (Å²) >= 11 is 0. The Hall–Kier alpha value is -2.28. The molecule has 0 atom stereocenters. The third-order valence-electron chi connectivity index (χ3n) is 3.04. The van der Waals surface area contributed by atoms with Crippen LogP contribution in [0.25, 0.3) is 11.2 Å². The predicted molar refractivity (Wildman–Crippen MR) is 78.3 cm³/mol. The molecule has 21 heavy (non-hydrogen) atoms. The third kappa shape index (κ3) is 3.25. The number of methoxy groups -OCH3 is 1. The van der Waals surface area contributed by atoms with Gasteiger partial charge < -0.3 is 10.1 Å². The summed E-state index contributed by atoms with van der Waals surface area (Å²) < 4.78 is 6.36. The molecule has 7 nitrogen and oxygen atoms in total. The lowest BCUT2D eigenvalue weighted by molar-refractivity contribution is 0.0941. The molecule has 1 N–H and O–H groups in total. The second kappa shape index (κ2) is 6.94. The van der Waals surface area contributed by atoms with Crippen LogP contribution in [0.5, 0.6) is 0 Å². The maximum absolute atomic E-state index is 12.3. The van der Waals surface area contributed by atoms with Gasteiger partial charge in [0.05, 0.1) is 0 Å². The smallest absolute Gasteiger partial charge is 0.283 e. The van der Waals surface area contributed by atoms with Crippen LogP contribution in [0.4, 0.5) is 0 Å². The highest BCUT2D eigenvalue weighted by atomic mass is 16.5. The highest BCUT2D eigenvalue weighted by molar-refractivity contribution is 5.93. The topological polar surface area (TPSA) is 86.1 Å². The number of hydrogen-bond acceptors (Lipinski definition) is 5. The molecule has 0 aliphatic heterocycles. The average Bonchev–Trinajstić information content (AvgIpc) is 2.51. The SMILES string of the molecule is CCn1c(=O)c(C(=O)NCCCOC)nc2cccnc21. The van der Waals surface area contributed by atoms with Crippen molar-refractivity contribution in [2.75, 3.05) is 20.3 Å². The zero-order chi connectivity index (χ0) is 15.2. The monoisotopic (exact) mass is 290 g/mol. The maximum atomic E-state index is 12.3. The van der Waals surface area contributed by atoms with E-state index in [4.69, 9.17) is 4.74 Å². The zero-order valence-electron chi connectivity index (χ0n) is 12.1. The van der Waals surface area contributed by atoms with E-state index in [1.54, 1.807) is 25.4 Å². The van der Waals surface area contributed by atoms with Crippen molar-refractivity contribution in [3.8, 4) is 0 Å². The van der Waals surface area contributed by atoms with Crippen LogP contribution in [0.2, 0.25) is 0 Å². The number of carbonyl (C=O) groups excluding carboxylic acids is 1. The fourth-order valence-electron chi connectivity index (χ4n) is 2.02. The molecule has 0 unspecified atom stereocenters. The van der Waals surface area contributed by atoms with Crippen LogP contribution in [0, 0.1) is 0 Å². The summed E-state index contributed by atoms with van der Waals surface area (Å²) in [5.74, 6) is -0.468. The van der Waals surface area contributed by atoms with Crippen LogP contribution in [0.15, 0.2) is 23.1 Å². The van der Waals surface area contributed by atoms with Crippen molar-refractivity contribution < 1.29 is 9.53 Å². The molecule has 0 aliphatic carbocycles. The number of aryl methyl sites for hydroxylation is 1. The molecule has 112 valence electrons. The number of nitrogens with one attached hydrogen (secondary N) is 1. The fraction of sp³-hybridized carbons (Fsp3) is 0.429. The Morgan fingerprint density at radius 1 is 1.48 bits per heavy atom. The van der Waals surface area contributed by atoms with Gasteiger partial charge >= 0.3 is 0 Å². The van der Waals surface area contributed by atoms with Crippen LogP contribution in [-0.4, -0.2) is 40.7 Å². The van der Waals surface area contributed by atoms with Crippen LogP contribution in [-0.2, 0) is 11.3 Å². The van der Waals surface area contributed by atoms with Crippen LogP contribution in [0.1, 0.15) is 23.8 Å². The van der Waals surface area contributed by atoms with Crippen molar-refractivity contribution in [1.82, 2.24) is 19.9 Å². The van der Waals surface area contributed by atoms with Crippen molar-refractivity contribution in [2.24, 2.45) is 0 Å². The zero-order valence-corrected chi connectivity index (χ0v) is 12.1. The molecule has 0 aromatic carbocycles. The highest BCUT2D eigenvalue weighted by Gasteiger charge is 2.16. The number of pyridine rings is 1. The van der Waals surface area contributed by atoms with Gasteiger partial charge in [0.25, 0.3) is 11.5 Å². The average molecular weight is 290 g/mol. The molecule has 0 radical (unpaired) electrons. The summed E-state index contributed by atoms with van der Waals surface area (Å²) in [5.41, 5.74) is 0.490. The number of rotatable bonds is 6. The minimum Gasteiger partial charge on any atom is -0.385 e. The van der Waals surface area contributed by atoms with Crippen LogP contribution < -0.4 is 10.9 Å². The van der Waals surface area contributed by atoms with Crippen LogP contribution >= 0.6 is 0 Å². The van der Waals surface area contributed by atoms with Gasteiger partial charge in [0.2, 0.25) is 0 Å². The molecule has 7 heteroatoms. The lowest BCUT2D eigenvalue weighted by Gasteiger charge is -2.09. The van der Waals surface area contributed by atoms with Crippen molar-refractivity contribution in [1.29, 1.82) is 0 Å². The molecule has 0 bridgehead atoms. The summed E-state index contributed by atoms with van der Waals surface area (Å²) in [6.07, 6.45) is 2.28. The molecule has 0 spiro atoms. The van der Waals surface area contributed by atoms with Crippen molar-refractivity contribution in [3.63, 3.8) is 0 Å². The maximum Gasteiger partial charge on any atom is 0.283 e. The Morgan fingerprint density at radius 2 is 2.29 bits per heavy atom. The Labute approximate surface area is 122 Å². The van der Waals surface area contributed by atoms with E-state index in [2.05, 4.69) is 15.3 Å². The van der Waals surface area contributed by atoms with E-state index in [1.807, 2.05) is 6.92 Å². The summed E-state index contributed by atoms with van der Waals surface area (Å²) in [4.78, 5) is 32.7. The van der Waals surface area contributed by atoms with E-state index in [0.29, 0.717) is 37.3 Å². The van der Waals surface area contributed by atoms with Crippen molar-refractivity contribution >= 4 is 17.1 Å². The van der Waals surface area contributed by atoms with Gasteiger partial charge in [-0.25, -0.2) is 9.97 Å². The molecule has 0 saturated carbocycles. The van der Waals surface area contributed by atoms with Gasteiger partial charge in [-0.1, -0.05) is 0 Å². The molecule has 2 aromatic heterocycles. The van der Waals surface area contributed by atoms with E-state index in [-0.39, 0.29) is 5.69 Å². The minimum atomic E-state index is -0.468. The van der Waals surface area contributed by atoms with E-state index < -0.39 is 11.5 Å². The van der Waals surface area contributed by atoms with Crippen molar-refractivity contribution in [2.45, 2.75) is 19.9 Å². The first-order valence-corrected chi connectivity index (χ1v) is 6.81. The molecule has 0 fully saturated rings. The number of carbonyl (C=O) groups is 1. The van der Waals surface area contributed by atoms with Gasteiger partial charge in [0.1, 0.15) is 5.52 Å². The minimum absolute atomic E-state index is 0.102. The number of amides is 1. The normalized spacial score (nSPS) is 10.8. The Kier molecular flexibility index (Phi) is 4.99. The first-order chi connectivity index (χ1) is 10.2. The summed E-state index contributed by atoms with van der Waals surface area (Å²) in [7, 11) is 1.60. The molecule has 1 amide bonds. The van der Waals surface area contributed by atoms with Gasteiger partial charge in [-0.2, -0.15) is 0 Å².